The maximum atomic E-state index is 8.61. The average molecular weight is 276 g/mol. The first kappa shape index (κ1) is 16.8. The van der Waals surface area contributed by atoms with Gasteiger partial charge in [-0.15, -0.1) is 11.8 Å². The minimum atomic E-state index is 0.177. The van der Waals surface area contributed by atoms with E-state index in [0.717, 1.165) is 23.6 Å². The highest BCUT2D eigenvalue weighted by Crippen LogP contribution is 2.21. The highest BCUT2D eigenvalue weighted by Gasteiger charge is 1.99. The monoisotopic (exact) mass is 275 g/mol. The van der Waals surface area contributed by atoms with Crippen LogP contribution in [0.1, 0.15) is 33.6 Å². The van der Waals surface area contributed by atoms with Gasteiger partial charge >= 0.3 is 0 Å². The maximum absolute atomic E-state index is 8.61. The minimum absolute atomic E-state index is 0.177. The predicted octanol–water partition coefficient (Wildman–Crippen LogP) is 4.61. The van der Waals surface area contributed by atoms with E-state index in [-0.39, 0.29) is 6.04 Å². The predicted molar refractivity (Wildman–Crippen MR) is 77.1 cm³/mol. The van der Waals surface area contributed by atoms with Gasteiger partial charge in [-0.2, -0.15) is 0 Å². The second kappa shape index (κ2) is 10.9. The Balaban J connectivity index is 0.00000121. The van der Waals surface area contributed by atoms with E-state index < -0.39 is 0 Å². The van der Waals surface area contributed by atoms with Gasteiger partial charge < -0.3 is 5.21 Å². The van der Waals surface area contributed by atoms with Crippen LogP contribution in [-0.4, -0.2) is 17.0 Å². The first-order valence-corrected chi connectivity index (χ1v) is 7.36. The van der Waals surface area contributed by atoms with E-state index in [0.29, 0.717) is 0 Å². The van der Waals surface area contributed by atoms with Crippen molar-refractivity contribution in [2.24, 2.45) is 0 Å². The molecule has 1 rings (SSSR count). The Bertz CT molecular complexity index is 279. The molecule has 0 aliphatic rings. The third-order valence-electron chi connectivity index (χ3n) is 2.08. The third kappa shape index (κ3) is 8.50. The summed E-state index contributed by atoms with van der Waals surface area (Å²) >= 11 is 7.60. The Morgan fingerprint density at radius 1 is 1.29 bits per heavy atom. The van der Waals surface area contributed by atoms with Gasteiger partial charge in [-0.25, -0.2) is 5.48 Å². The van der Waals surface area contributed by atoms with E-state index in [1.807, 2.05) is 56.8 Å². The van der Waals surface area contributed by atoms with Crippen LogP contribution >= 0.6 is 23.4 Å². The highest BCUT2D eigenvalue weighted by molar-refractivity contribution is 7.99. The number of thioether (sulfide) groups is 1. The highest BCUT2D eigenvalue weighted by atomic mass is 35.5. The summed E-state index contributed by atoms with van der Waals surface area (Å²) in [6.45, 7) is 5.97. The molecule has 0 bridgehead atoms. The quantitative estimate of drug-likeness (QED) is 0.452. The fourth-order valence-corrected chi connectivity index (χ4v) is 2.18. The number of benzene rings is 1. The molecule has 2 nitrogen and oxygen atoms in total. The van der Waals surface area contributed by atoms with Crippen LogP contribution in [0.5, 0.6) is 0 Å². The molecule has 1 aromatic carbocycles. The molecule has 0 heterocycles. The molecule has 0 spiro atoms. The Morgan fingerprint density at radius 3 is 2.41 bits per heavy atom. The van der Waals surface area contributed by atoms with Gasteiger partial charge in [-0.1, -0.05) is 25.4 Å². The summed E-state index contributed by atoms with van der Waals surface area (Å²) in [5, 5.41) is 9.39. The minimum Gasteiger partial charge on any atom is -0.317 e. The molecule has 0 aromatic heterocycles. The third-order valence-corrected chi connectivity index (χ3v) is 3.43. The van der Waals surface area contributed by atoms with Gasteiger partial charge in [0.2, 0.25) is 0 Å². The van der Waals surface area contributed by atoms with Gasteiger partial charge in [0.05, 0.1) is 0 Å². The fraction of sp³-hybridized carbons (Fsp3) is 0.538. The van der Waals surface area contributed by atoms with Crippen molar-refractivity contribution in [3.63, 3.8) is 0 Å². The molecule has 0 amide bonds. The molecule has 0 aliphatic carbocycles. The van der Waals surface area contributed by atoms with E-state index in [1.165, 1.54) is 4.90 Å². The normalized spacial score (nSPS) is 11.6. The number of rotatable bonds is 6. The number of hydroxylamine groups is 1. The first-order chi connectivity index (χ1) is 8.22. The molecule has 2 N–H and O–H groups in total. The average Bonchev–Trinajstić information content (AvgIpc) is 2.39. The Labute approximate surface area is 114 Å². The number of nitrogens with one attached hydrogen (secondary N) is 1. The van der Waals surface area contributed by atoms with Crippen LogP contribution in [0.2, 0.25) is 5.02 Å². The molecule has 0 aliphatic heterocycles. The van der Waals surface area contributed by atoms with Crippen molar-refractivity contribution < 1.29 is 5.21 Å². The fourth-order valence-electron chi connectivity index (χ4n) is 1.17. The lowest BCUT2D eigenvalue weighted by molar-refractivity contribution is 0.129. The molecule has 17 heavy (non-hydrogen) atoms. The van der Waals surface area contributed by atoms with Crippen molar-refractivity contribution in [1.29, 1.82) is 0 Å². The molecule has 4 heteroatoms. The Hall–Kier alpha value is -0.220. The van der Waals surface area contributed by atoms with Crippen LogP contribution in [0.25, 0.3) is 0 Å². The van der Waals surface area contributed by atoms with Crippen LogP contribution in [0.15, 0.2) is 29.2 Å². The summed E-state index contributed by atoms with van der Waals surface area (Å²) in [4.78, 5) is 1.24. The van der Waals surface area contributed by atoms with Crippen LogP contribution in [0.3, 0.4) is 0 Å². The lowest BCUT2D eigenvalue weighted by Gasteiger charge is -2.07. The summed E-state index contributed by atoms with van der Waals surface area (Å²) in [6, 6.07) is 8.04. The van der Waals surface area contributed by atoms with E-state index >= 15 is 0 Å². The van der Waals surface area contributed by atoms with Crippen molar-refractivity contribution in [3.8, 4) is 0 Å². The Kier molecular flexibility index (Phi) is 10.8. The summed E-state index contributed by atoms with van der Waals surface area (Å²) < 4.78 is 0. The largest absolute Gasteiger partial charge is 0.317 e. The van der Waals surface area contributed by atoms with Crippen molar-refractivity contribution >= 4 is 23.4 Å². The molecule has 1 unspecified atom stereocenters. The molecule has 98 valence electrons. The van der Waals surface area contributed by atoms with Crippen LogP contribution in [0.4, 0.5) is 0 Å². The summed E-state index contributed by atoms with van der Waals surface area (Å²) in [6.07, 6.45) is 2.07. The lowest BCUT2D eigenvalue weighted by atomic mass is 10.2. The van der Waals surface area contributed by atoms with Crippen molar-refractivity contribution in [3.05, 3.63) is 29.3 Å². The van der Waals surface area contributed by atoms with E-state index in [9.17, 15) is 0 Å². The van der Waals surface area contributed by atoms with E-state index in [1.54, 1.807) is 0 Å². The van der Waals surface area contributed by atoms with Crippen molar-refractivity contribution in [2.75, 3.05) is 5.75 Å². The molecule has 0 fully saturated rings. The molecular weight excluding hydrogens is 254 g/mol. The standard InChI is InChI=1S/C11H16ClNOS.C2H6/c1-9(13-14)3-2-8-15-11-6-4-10(12)5-7-11;1-2/h4-7,9,13-14H,2-3,8H2,1H3;1-2H3. The Morgan fingerprint density at radius 2 is 1.88 bits per heavy atom. The molecule has 1 aromatic rings. The number of hydrogen-bond donors (Lipinski definition) is 2. The summed E-state index contributed by atoms with van der Waals surface area (Å²) in [5.74, 6) is 1.06. The zero-order valence-corrected chi connectivity index (χ0v) is 12.3. The van der Waals surface area contributed by atoms with E-state index in [4.69, 9.17) is 16.8 Å². The molecule has 1 atom stereocenters. The zero-order chi connectivity index (χ0) is 13.1. The smallest absolute Gasteiger partial charge is 0.0406 e. The van der Waals surface area contributed by atoms with Crippen LogP contribution < -0.4 is 5.48 Å². The SMILES string of the molecule is CC.CC(CCCSc1ccc(Cl)cc1)NO. The van der Waals surface area contributed by atoms with E-state index in [2.05, 4.69) is 5.48 Å². The number of halogens is 1. The second-order valence-electron chi connectivity index (χ2n) is 3.47. The van der Waals surface area contributed by atoms with Gasteiger partial charge in [0.1, 0.15) is 0 Å². The van der Waals surface area contributed by atoms with Gasteiger partial charge in [-0.3, -0.25) is 0 Å². The van der Waals surface area contributed by atoms with Gasteiger partial charge in [0.25, 0.3) is 0 Å². The van der Waals surface area contributed by atoms with Gasteiger partial charge in [0.15, 0.2) is 0 Å². The molecule has 0 saturated carbocycles. The molecule has 0 radical (unpaired) electrons. The van der Waals surface area contributed by atoms with Crippen molar-refractivity contribution in [1.82, 2.24) is 5.48 Å². The topological polar surface area (TPSA) is 32.3 Å². The first-order valence-electron chi connectivity index (χ1n) is 6.00. The second-order valence-corrected chi connectivity index (χ2v) is 5.08. The lowest BCUT2D eigenvalue weighted by Crippen LogP contribution is -2.21. The van der Waals surface area contributed by atoms with Crippen LogP contribution in [0, 0.1) is 0 Å². The van der Waals surface area contributed by atoms with Gasteiger partial charge in [0, 0.05) is 16.0 Å². The summed E-state index contributed by atoms with van der Waals surface area (Å²) in [5.41, 5.74) is 2.24. The van der Waals surface area contributed by atoms with Gasteiger partial charge in [-0.05, 0) is 49.8 Å². The zero-order valence-electron chi connectivity index (χ0n) is 10.7. The van der Waals surface area contributed by atoms with Crippen LogP contribution in [-0.2, 0) is 0 Å². The maximum Gasteiger partial charge on any atom is 0.0406 e. The molecular formula is C13H22ClNOS. The number of hydrogen-bond acceptors (Lipinski definition) is 3. The van der Waals surface area contributed by atoms with Crippen molar-refractivity contribution in [2.45, 2.75) is 44.6 Å². The summed E-state index contributed by atoms with van der Waals surface area (Å²) in [7, 11) is 0. The molecule has 0 saturated heterocycles.